The highest BCUT2D eigenvalue weighted by Crippen LogP contribution is 2.39. The third kappa shape index (κ3) is 3.62. The second-order valence-electron chi connectivity index (χ2n) is 5.04. The largest absolute Gasteiger partial charge is 0.444 e. The van der Waals surface area contributed by atoms with Gasteiger partial charge in [0, 0.05) is 34.6 Å². The number of rotatable bonds is 5. The Kier molecular flexibility index (Phi) is 5.35. The lowest BCUT2D eigenvalue weighted by molar-refractivity contribution is 0.143. The Morgan fingerprint density at radius 2 is 2.15 bits per heavy atom. The summed E-state index contributed by atoms with van der Waals surface area (Å²) in [6.45, 7) is -0.127. The normalized spacial score (nSPS) is 11.3. The second kappa shape index (κ2) is 7.52. The lowest BCUT2D eigenvalue weighted by Gasteiger charge is -2.05. The summed E-state index contributed by atoms with van der Waals surface area (Å²) in [4.78, 5) is 15.5. The van der Waals surface area contributed by atoms with Gasteiger partial charge in [0.25, 0.3) is 0 Å². The molecule has 26 heavy (non-hydrogen) atoms. The molecule has 0 bridgehead atoms. The van der Waals surface area contributed by atoms with Crippen LogP contribution in [0.5, 0.6) is 0 Å². The number of halogens is 1. The number of hydrogen-bond donors (Lipinski definition) is 1. The molecule has 0 aliphatic carbocycles. The Labute approximate surface area is 157 Å². The molecule has 1 amide bonds. The molecule has 0 aromatic carbocycles. The fourth-order valence-electron chi connectivity index (χ4n) is 2.19. The number of amides is 1. The molecule has 0 spiro atoms. The summed E-state index contributed by atoms with van der Waals surface area (Å²) in [5.74, 6) is -0.772. The fourth-order valence-corrected chi connectivity index (χ4v) is 6.25. The SMILES string of the molecule is CNC(=O)OCc1cc(-c2cccnc2F)c(S(=O)(=O)c2ccsc2)s1. The molecule has 3 aromatic rings. The van der Waals surface area contributed by atoms with Crippen molar-refractivity contribution < 1.29 is 22.3 Å². The minimum atomic E-state index is -3.84. The highest BCUT2D eigenvalue weighted by molar-refractivity contribution is 7.93. The third-order valence-electron chi connectivity index (χ3n) is 3.40. The van der Waals surface area contributed by atoms with Crippen LogP contribution in [0.2, 0.25) is 0 Å². The molecule has 0 fully saturated rings. The maximum Gasteiger partial charge on any atom is 0.407 e. The van der Waals surface area contributed by atoms with Crippen molar-refractivity contribution in [2.45, 2.75) is 15.7 Å². The van der Waals surface area contributed by atoms with E-state index < -0.39 is 21.9 Å². The zero-order valence-corrected chi connectivity index (χ0v) is 15.9. The van der Waals surface area contributed by atoms with E-state index in [4.69, 9.17) is 4.74 Å². The Morgan fingerprint density at radius 1 is 1.35 bits per heavy atom. The summed E-state index contributed by atoms with van der Waals surface area (Å²) in [6.07, 6.45) is 0.642. The summed E-state index contributed by atoms with van der Waals surface area (Å²) in [6, 6.07) is 5.98. The number of nitrogens with one attached hydrogen (secondary N) is 1. The minimum Gasteiger partial charge on any atom is -0.444 e. The first kappa shape index (κ1) is 18.5. The highest BCUT2D eigenvalue weighted by Gasteiger charge is 2.27. The number of alkyl carbamates (subject to hydrolysis) is 1. The van der Waals surface area contributed by atoms with Crippen LogP contribution < -0.4 is 5.32 Å². The fraction of sp³-hybridized carbons (Fsp3) is 0.125. The van der Waals surface area contributed by atoms with Crippen molar-refractivity contribution in [2.24, 2.45) is 0 Å². The van der Waals surface area contributed by atoms with Gasteiger partial charge in [0.15, 0.2) is 0 Å². The van der Waals surface area contributed by atoms with Gasteiger partial charge in [-0.1, -0.05) is 0 Å². The molecule has 0 saturated carbocycles. The number of pyridine rings is 1. The lowest BCUT2D eigenvalue weighted by atomic mass is 10.1. The number of nitrogens with zero attached hydrogens (tertiary/aromatic N) is 1. The van der Waals surface area contributed by atoms with Gasteiger partial charge >= 0.3 is 6.09 Å². The lowest BCUT2D eigenvalue weighted by Crippen LogP contribution is -2.18. The number of aromatic nitrogens is 1. The van der Waals surface area contributed by atoms with E-state index in [2.05, 4.69) is 10.3 Å². The Morgan fingerprint density at radius 3 is 2.81 bits per heavy atom. The molecule has 0 aliphatic heterocycles. The summed E-state index contributed by atoms with van der Waals surface area (Å²) in [7, 11) is -2.42. The quantitative estimate of drug-likeness (QED) is 0.646. The first-order valence-electron chi connectivity index (χ1n) is 7.29. The summed E-state index contributed by atoms with van der Waals surface area (Å²) in [5, 5.41) is 5.47. The number of ether oxygens (including phenoxy) is 1. The van der Waals surface area contributed by atoms with E-state index in [-0.39, 0.29) is 26.8 Å². The monoisotopic (exact) mass is 412 g/mol. The number of carbonyl (C=O) groups is 1. The van der Waals surface area contributed by atoms with Gasteiger partial charge in [-0.15, -0.1) is 11.3 Å². The predicted octanol–water partition coefficient (Wildman–Crippen LogP) is 3.70. The van der Waals surface area contributed by atoms with Crippen molar-refractivity contribution in [3.63, 3.8) is 0 Å². The summed E-state index contributed by atoms with van der Waals surface area (Å²) >= 11 is 2.19. The van der Waals surface area contributed by atoms with Gasteiger partial charge in [-0.25, -0.2) is 18.2 Å². The molecule has 3 heterocycles. The molecule has 0 aliphatic rings. The first-order valence-corrected chi connectivity index (χ1v) is 10.5. The molecule has 136 valence electrons. The van der Waals surface area contributed by atoms with Crippen LogP contribution >= 0.6 is 22.7 Å². The molecule has 0 radical (unpaired) electrons. The van der Waals surface area contributed by atoms with Crippen LogP contribution in [0.25, 0.3) is 11.1 Å². The standard InChI is InChI=1S/C16H13FN2O4S3/c1-18-16(20)23-8-10-7-13(12-3-2-5-19-14(12)17)15(25-10)26(21,22)11-4-6-24-9-11/h2-7,9H,8H2,1H3,(H,18,20). The van der Waals surface area contributed by atoms with Crippen molar-refractivity contribution >= 4 is 38.6 Å². The van der Waals surface area contributed by atoms with Crippen molar-refractivity contribution in [1.29, 1.82) is 0 Å². The van der Waals surface area contributed by atoms with E-state index in [0.29, 0.717) is 4.88 Å². The van der Waals surface area contributed by atoms with Gasteiger partial charge in [-0.2, -0.15) is 15.7 Å². The summed E-state index contributed by atoms with van der Waals surface area (Å²) in [5.41, 5.74) is 0.269. The minimum absolute atomic E-state index is 0.0155. The topological polar surface area (TPSA) is 85.4 Å². The number of carbonyl (C=O) groups excluding carboxylic acids is 1. The molecule has 3 rings (SSSR count). The zero-order chi connectivity index (χ0) is 18.7. The Balaban J connectivity index is 2.11. The molecular formula is C16H13FN2O4S3. The van der Waals surface area contributed by atoms with Crippen LogP contribution in [0.15, 0.2) is 50.3 Å². The van der Waals surface area contributed by atoms with E-state index in [1.165, 1.54) is 54.2 Å². The van der Waals surface area contributed by atoms with Crippen LogP contribution in [0.3, 0.4) is 0 Å². The molecule has 0 unspecified atom stereocenters. The van der Waals surface area contributed by atoms with Crippen molar-refractivity contribution in [1.82, 2.24) is 10.3 Å². The average Bonchev–Trinajstić information content (AvgIpc) is 3.30. The van der Waals surface area contributed by atoms with Crippen LogP contribution in [0.1, 0.15) is 4.88 Å². The van der Waals surface area contributed by atoms with E-state index in [1.54, 1.807) is 5.38 Å². The molecule has 1 N–H and O–H groups in total. The first-order chi connectivity index (χ1) is 12.4. The maximum atomic E-state index is 14.2. The van der Waals surface area contributed by atoms with E-state index in [9.17, 15) is 17.6 Å². The highest BCUT2D eigenvalue weighted by atomic mass is 32.2. The molecule has 0 saturated heterocycles. The second-order valence-corrected chi connectivity index (χ2v) is 9.11. The van der Waals surface area contributed by atoms with Gasteiger partial charge < -0.3 is 10.1 Å². The van der Waals surface area contributed by atoms with Crippen LogP contribution in [-0.4, -0.2) is 26.5 Å². The van der Waals surface area contributed by atoms with Gasteiger partial charge in [0.05, 0.1) is 4.90 Å². The Hall–Kier alpha value is -2.30. The van der Waals surface area contributed by atoms with Crippen LogP contribution in [0, 0.1) is 5.95 Å². The Bertz CT molecular complexity index is 1030. The number of thiophene rings is 2. The van der Waals surface area contributed by atoms with E-state index in [1.807, 2.05) is 0 Å². The van der Waals surface area contributed by atoms with Gasteiger partial charge in [-0.3, -0.25) is 0 Å². The van der Waals surface area contributed by atoms with Crippen molar-refractivity contribution in [3.8, 4) is 11.1 Å². The molecule has 6 nitrogen and oxygen atoms in total. The molecule has 3 aromatic heterocycles. The average molecular weight is 412 g/mol. The number of sulfone groups is 1. The van der Waals surface area contributed by atoms with Gasteiger partial charge in [0.1, 0.15) is 10.8 Å². The van der Waals surface area contributed by atoms with Gasteiger partial charge in [-0.05, 0) is 29.6 Å². The molecule has 10 heteroatoms. The molecule has 0 atom stereocenters. The van der Waals surface area contributed by atoms with Crippen molar-refractivity contribution in [3.05, 3.63) is 52.0 Å². The van der Waals surface area contributed by atoms with Crippen LogP contribution in [0.4, 0.5) is 9.18 Å². The van der Waals surface area contributed by atoms with Crippen LogP contribution in [-0.2, 0) is 21.2 Å². The maximum absolute atomic E-state index is 14.2. The van der Waals surface area contributed by atoms with E-state index >= 15 is 0 Å². The predicted molar refractivity (Wildman–Crippen MR) is 96.5 cm³/mol. The molecular weight excluding hydrogens is 399 g/mol. The van der Waals surface area contributed by atoms with E-state index in [0.717, 1.165) is 11.3 Å². The zero-order valence-electron chi connectivity index (χ0n) is 13.4. The third-order valence-corrected chi connectivity index (χ3v) is 7.62. The summed E-state index contributed by atoms with van der Waals surface area (Å²) < 4.78 is 45.1. The van der Waals surface area contributed by atoms with Gasteiger partial charge in [0.2, 0.25) is 15.8 Å². The number of hydrogen-bond acceptors (Lipinski definition) is 7. The smallest absolute Gasteiger partial charge is 0.407 e. The van der Waals surface area contributed by atoms with Crippen molar-refractivity contribution in [2.75, 3.05) is 7.05 Å².